The zero-order chi connectivity index (χ0) is 17.6. The lowest BCUT2D eigenvalue weighted by molar-refractivity contribution is -0.115. The number of nitrogen functional groups attached to an aromatic ring is 1. The number of nitrogens with two attached hydrogens (primary N) is 1. The van der Waals surface area contributed by atoms with Crippen LogP contribution in [0.1, 0.15) is 24.0 Å². The monoisotopic (exact) mass is 340 g/mol. The number of aryl methyl sites for hydroxylation is 1. The molecule has 132 valence electrons. The molecule has 0 bridgehead atoms. The van der Waals surface area contributed by atoms with Gasteiger partial charge >= 0.3 is 0 Å². The van der Waals surface area contributed by atoms with Crippen molar-refractivity contribution in [3.63, 3.8) is 0 Å². The SMILES string of the molecule is Cc1cc(NC(=O)Cc2ccc(N)cc2)ccc1OC1CCOCC1. The van der Waals surface area contributed by atoms with Crippen LogP contribution in [-0.4, -0.2) is 25.2 Å². The van der Waals surface area contributed by atoms with Gasteiger partial charge in [0.2, 0.25) is 5.91 Å². The number of hydrogen-bond acceptors (Lipinski definition) is 4. The highest BCUT2D eigenvalue weighted by atomic mass is 16.5. The van der Waals surface area contributed by atoms with Gasteiger partial charge in [-0.1, -0.05) is 12.1 Å². The topological polar surface area (TPSA) is 73.6 Å². The van der Waals surface area contributed by atoms with Gasteiger partial charge < -0.3 is 20.5 Å². The third-order valence-electron chi connectivity index (χ3n) is 4.27. The molecule has 2 aromatic rings. The summed E-state index contributed by atoms with van der Waals surface area (Å²) >= 11 is 0. The Balaban J connectivity index is 1.58. The highest BCUT2D eigenvalue weighted by Gasteiger charge is 2.16. The molecule has 0 spiro atoms. The maximum atomic E-state index is 12.2. The largest absolute Gasteiger partial charge is 0.490 e. The average molecular weight is 340 g/mol. The molecule has 3 N–H and O–H groups in total. The van der Waals surface area contributed by atoms with E-state index in [1.165, 1.54) is 0 Å². The van der Waals surface area contributed by atoms with Gasteiger partial charge in [-0.2, -0.15) is 0 Å². The lowest BCUT2D eigenvalue weighted by atomic mass is 10.1. The molecule has 2 aromatic carbocycles. The molecule has 0 radical (unpaired) electrons. The van der Waals surface area contributed by atoms with Crippen LogP contribution >= 0.6 is 0 Å². The smallest absolute Gasteiger partial charge is 0.228 e. The Labute approximate surface area is 148 Å². The lowest BCUT2D eigenvalue weighted by Gasteiger charge is -2.24. The van der Waals surface area contributed by atoms with Gasteiger partial charge in [-0.15, -0.1) is 0 Å². The molecule has 0 saturated carbocycles. The molecule has 1 fully saturated rings. The molecular weight excluding hydrogens is 316 g/mol. The summed E-state index contributed by atoms with van der Waals surface area (Å²) in [4.78, 5) is 12.2. The first-order valence-corrected chi connectivity index (χ1v) is 8.59. The number of rotatable bonds is 5. The number of carbonyl (C=O) groups is 1. The first kappa shape index (κ1) is 17.3. The zero-order valence-electron chi connectivity index (χ0n) is 14.5. The van der Waals surface area contributed by atoms with Crippen molar-refractivity contribution in [3.8, 4) is 5.75 Å². The van der Waals surface area contributed by atoms with E-state index in [4.69, 9.17) is 15.2 Å². The molecule has 0 atom stereocenters. The highest BCUT2D eigenvalue weighted by molar-refractivity contribution is 5.92. The molecule has 0 aromatic heterocycles. The fourth-order valence-electron chi connectivity index (χ4n) is 2.86. The summed E-state index contributed by atoms with van der Waals surface area (Å²) in [7, 11) is 0. The Kier molecular flexibility index (Phi) is 5.56. The van der Waals surface area contributed by atoms with Crippen LogP contribution < -0.4 is 15.8 Å². The number of hydrogen-bond donors (Lipinski definition) is 2. The van der Waals surface area contributed by atoms with Gasteiger partial charge in [0.15, 0.2) is 0 Å². The van der Waals surface area contributed by atoms with Crippen LogP contribution in [0.3, 0.4) is 0 Å². The minimum absolute atomic E-state index is 0.0535. The molecule has 1 heterocycles. The zero-order valence-corrected chi connectivity index (χ0v) is 14.5. The summed E-state index contributed by atoms with van der Waals surface area (Å²) in [5, 5.41) is 2.93. The summed E-state index contributed by atoms with van der Waals surface area (Å²) in [6, 6.07) is 13.1. The Hall–Kier alpha value is -2.53. The number of ether oxygens (including phenoxy) is 2. The second kappa shape index (κ2) is 8.03. The van der Waals surface area contributed by atoms with Gasteiger partial charge in [0.1, 0.15) is 11.9 Å². The summed E-state index contributed by atoms with van der Waals surface area (Å²) in [6.45, 7) is 3.50. The van der Waals surface area contributed by atoms with Gasteiger partial charge in [-0.05, 0) is 48.4 Å². The van der Waals surface area contributed by atoms with Gasteiger partial charge in [-0.25, -0.2) is 0 Å². The van der Waals surface area contributed by atoms with E-state index in [1.807, 2.05) is 37.3 Å². The molecule has 25 heavy (non-hydrogen) atoms. The van der Waals surface area contributed by atoms with Crippen molar-refractivity contribution in [2.75, 3.05) is 24.3 Å². The fourth-order valence-corrected chi connectivity index (χ4v) is 2.86. The Morgan fingerprint density at radius 2 is 1.92 bits per heavy atom. The minimum atomic E-state index is -0.0535. The van der Waals surface area contributed by atoms with Gasteiger partial charge in [0, 0.05) is 24.2 Å². The quantitative estimate of drug-likeness (QED) is 0.819. The van der Waals surface area contributed by atoms with Crippen LogP contribution in [0, 0.1) is 6.92 Å². The van der Waals surface area contributed by atoms with E-state index < -0.39 is 0 Å². The third kappa shape index (κ3) is 4.97. The van der Waals surface area contributed by atoms with Crippen LogP contribution in [0.5, 0.6) is 5.75 Å². The molecule has 0 aliphatic carbocycles. The van der Waals surface area contributed by atoms with Gasteiger partial charge in [0.25, 0.3) is 0 Å². The van der Waals surface area contributed by atoms with Crippen molar-refractivity contribution in [1.29, 1.82) is 0 Å². The molecule has 3 rings (SSSR count). The number of benzene rings is 2. The van der Waals surface area contributed by atoms with E-state index >= 15 is 0 Å². The van der Waals surface area contributed by atoms with Crippen LogP contribution in [0.15, 0.2) is 42.5 Å². The number of anilines is 2. The minimum Gasteiger partial charge on any atom is -0.490 e. The number of amides is 1. The first-order chi connectivity index (χ1) is 12.1. The maximum Gasteiger partial charge on any atom is 0.228 e. The maximum absolute atomic E-state index is 12.2. The van der Waals surface area contributed by atoms with E-state index in [1.54, 1.807) is 12.1 Å². The predicted octanol–water partition coefficient (Wildman–Crippen LogP) is 3.32. The first-order valence-electron chi connectivity index (χ1n) is 8.59. The normalized spacial score (nSPS) is 14.9. The van der Waals surface area contributed by atoms with Crippen LogP contribution in [0.4, 0.5) is 11.4 Å². The van der Waals surface area contributed by atoms with Crippen LogP contribution in [-0.2, 0) is 16.0 Å². The van der Waals surface area contributed by atoms with E-state index in [2.05, 4.69) is 5.32 Å². The molecule has 1 aliphatic heterocycles. The molecule has 1 aliphatic rings. The van der Waals surface area contributed by atoms with E-state index in [-0.39, 0.29) is 12.0 Å². The van der Waals surface area contributed by atoms with Crippen LogP contribution in [0.25, 0.3) is 0 Å². The predicted molar refractivity (Wildman–Crippen MR) is 98.8 cm³/mol. The van der Waals surface area contributed by atoms with Crippen molar-refractivity contribution < 1.29 is 14.3 Å². The number of nitrogens with one attached hydrogen (secondary N) is 1. The molecular formula is C20H24N2O3. The van der Waals surface area contributed by atoms with Crippen molar-refractivity contribution in [1.82, 2.24) is 0 Å². The second-order valence-electron chi connectivity index (χ2n) is 6.38. The summed E-state index contributed by atoms with van der Waals surface area (Å²) in [6.07, 6.45) is 2.36. The molecule has 0 unspecified atom stereocenters. The van der Waals surface area contributed by atoms with Crippen molar-refractivity contribution in [3.05, 3.63) is 53.6 Å². The van der Waals surface area contributed by atoms with Crippen molar-refractivity contribution in [2.24, 2.45) is 0 Å². The summed E-state index contributed by atoms with van der Waals surface area (Å²) in [5.41, 5.74) is 9.07. The van der Waals surface area contributed by atoms with E-state index in [9.17, 15) is 4.79 Å². The van der Waals surface area contributed by atoms with Crippen molar-refractivity contribution >= 4 is 17.3 Å². The lowest BCUT2D eigenvalue weighted by Crippen LogP contribution is -2.26. The molecule has 1 saturated heterocycles. The Bertz CT molecular complexity index is 722. The third-order valence-corrected chi connectivity index (χ3v) is 4.27. The van der Waals surface area contributed by atoms with Gasteiger partial charge in [0.05, 0.1) is 19.6 Å². The summed E-state index contributed by atoms with van der Waals surface area (Å²) in [5.74, 6) is 0.811. The summed E-state index contributed by atoms with van der Waals surface area (Å²) < 4.78 is 11.4. The standard InChI is InChI=1S/C20H24N2O3/c1-14-12-17(6-7-19(14)25-18-8-10-24-11-9-18)22-20(23)13-15-2-4-16(21)5-3-15/h2-7,12,18H,8-11,13,21H2,1H3,(H,22,23). The second-order valence-corrected chi connectivity index (χ2v) is 6.38. The van der Waals surface area contributed by atoms with E-state index in [0.717, 1.165) is 48.6 Å². The van der Waals surface area contributed by atoms with Crippen LogP contribution in [0.2, 0.25) is 0 Å². The van der Waals surface area contributed by atoms with E-state index in [0.29, 0.717) is 12.1 Å². The molecule has 5 heteroatoms. The highest BCUT2D eigenvalue weighted by Crippen LogP contribution is 2.25. The molecule has 1 amide bonds. The van der Waals surface area contributed by atoms with Gasteiger partial charge in [-0.3, -0.25) is 4.79 Å². The Morgan fingerprint density at radius 3 is 2.60 bits per heavy atom. The average Bonchev–Trinajstić information content (AvgIpc) is 2.60. The molecule has 5 nitrogen and oxygen atoms in total. The number of carbonyl (C=O) groups excluding carboxylic acids is 1. The van der Waals surface area contributed by atoms with Crippen molar-refractivity contribution in [2.45, 2.75) is 32.3 Å². The Morgan fingerprint density at radius 1 is 1.20 bits per heavy atom. The fraction of sp³-hybridized carbons (Fsp3) is 0.350.